The van der Waals surface area contributed by atoms with Gasteiger partial charge in [-0.05, 0) is 18.3 Å². The second kappa shape index (κ2) is 13.6. The Morgan fingerprint density at radius 1 is 1.00 bits per heavy atom. The molecule has 1 rings (SSSR count). The molecule has 148 valence electrons. The Balaban J connectivity index is 0. The molecule has 0 aliphatic heterocycles. The van der Waals surface area contributed by atoms with Gasteiger partial charge in [0, 0.05) is 7.11 Å². The summed E-state index contributed by atoms with van der Waals surface area (Å²) in [6.45, 7) is 11.6. The maximum atomic E-state index is 9.94. The normalized spacial score (nSPS) is 13.2. The van der Waals surface area contributed by atoms with Crippen LogP contribution in [-0.2, 0) is 26.0 Å². The molecule has 0 bridgehead atoms. The number of aliphatic hydroxyl groups excluding tert-OH is 1. The molecule has 0 aliphatic carbocycles. The summed E-state index contributed by atoms with van der Waals surface area (Å²) in [5, 5.41) is 14.8. The van der Waals surface area contributed by atoms with Crippen molar-refractivity contribution in [2.24, 2.45) is 0 Å². The molecular formula is C20H35NNiO3. The zero-order chi connectivity index (χ0) is 17.4. The molecule has 4 nitrogen and oxygen atoms in total. The van der Waals surface area contributed by atoms with Crippen molar-refractivity contribution in [3.05, 3.63) is 42.1 Å². The quantitative estimate of drug-likeness (QED) is 0.258. The van der Waals surface area contributed by atoms with E-state index in [0.29, 0.717) is 31.5 Å². The molecule has 0 saturated heterocycles. The first kappa shape index (κ1) is 26.6. The third kappa shape index (κ3) is 9.05. The minimum absolute atomic E-state index is 0. The van der Waals surface area contributed by atoms with Crippen LogP contribution in [0.2, 0.25) is 0 Å². The maximum Gasteiger partial charge on any atom is 2.00 e. The summed E-state index contributed by atoms with van der Waals surface area (Å²) >= 11 is 0. The molecule has 0 saturated carbocycles. The topological polar surface area (TPSA) is 52.8 Å². The molecule has 0 heterocycles. The Morgan fingerprint density at radius 2 is 1.52 bits per heavy atom. The largest absolute Gasteiger partial charge is 2.00 e. The summed E-state index contributed by atoms with van der Waals surface area (Å²) in [6, 6.07) is 6.39. The van der Waals surface area contributed by atoms with Gasteiger partial charge in [-0.3, -0.25) is 0 Å². The van der Waals surface area contributed by atoms with Crippen molar-refractivity contribution in [1.29, 1.82) is 0 Å². The Bertz CT molecular complexity index is 440. The number of hydrogen-bond acceptors (Lipinski definition) is 3. The monoisotopic (exact) mass is 395 g/mol. The van der Waals surface area contributed by atoms with E-state index in [9.17, 15) is 5.11 Å². The van der Waals surface area contributed by atoms with Gasteiger partial charge < -0.3 is 27.3 Å². The smallest absolute Gasteiger partial charge is 0.681 e. The summed E-state index contributed by atoms with van der Waals surface area (Å²) in [7, 11) is 1.62. The van der Waals surface area contributed by atoms with Crippen LogP contribution in [0.4, 0.5) is 5.69 Å². The molecule has 1 aromatic rings. The van der Waals surface area contributed by atoms with Gasteiger partial charge in [-0.1, -0.05) is 63.9 Å². The minimum Gasteiger partial charge on any atom is -0.681 e. The molecule has 0 aliphatic rings. The molecule has 25 heavy (non-hydrogen) atoms. The van der Waals surface area contributed by atoms with Gasteiger partial charge in [0.15, 0.2) is 6.29 Å². The Hall–Kier alpha value is -0.606. The molecule has 0 radical (unpaired) electrons. The molecule has 1 aromatic carbocycles. The number of para-hydroxylation sites is 1. The Kier molecular flexibility index (Phi) is 14.5. The van der Waals surface area contributed by atoms with Gasteiger partial charge in [0.05, 0.1) is 13.2 Å². The first-order valence-electron chi connectivity index (χ1n) is 8.49. The minimum atomic E-state index is -0.808. The third-order valence-corrected chi connectivity index (χ3v) is 3.83. The van der Waals surface area contributed by atoms with Crippen molar-refractivity contribution in [2.75, 3.05) is 20.3 Å². The number of nitrogens with zero attached hydrogens (tertiary/aromatic N) is 1. The molecule has 2 unspecified atom stereocenters. The van der Waals surface area contributed by atoms with Crippen LogP contribution in [0.25, 0.3) is 5.32 Å². The summed E-state index contributed by atoms with van der Waals surface area (Å²) in [4.78, 5) is 0. The maximum absolute atomic E-state index is 9.94. The second-order valence-corrected chi connectivity index (χ2v) is 6.63. The van der Waals surface area contributed by atoms with Crippen LogP contribution in [0, 0.1) is 7.43 Å². The molecule has 2 atom stereocenters. The van der Waals surface area contributed by atoms with Gasteiger partial charge in [-0.15, -0.1) is 11.7 Å². The van der Waals surface area contributed by atoms with E-state index >= 15 is 0 Å². The van der Waals surface area contributed by atoms with Crippen LogP contribution < -0.4 is 0 Å². The van der Waals surface area contributed by atoms with Crippen molar-refractivity contribution in [3.8, 4) is 0 Å². The van der Waals surface area contributed by atoms with Crippen molar-refractivity contribution in [2.45, 2.75) is 65.2 Å². The fourth-order valence-electron chi connectivity index (χ4n) is 2.56. The predicted molar refractivity (Wildman–Crippen MR) is 102 cm³/mol. The summed E-state index contributed by atoms with van der Waals surface area (Å²) in [6.07, 6.45) is -0.328. The SMILES string of the molecule is COCCOC(O)CC(C)[N-]c1c(C(C)C)cccc1C(C)C.[CH3-].[Ni+2]. The van der Waals surface area contributed by atoms with E-state index in [1.54, 1.807) is 7.11 Å². The van der Waals surface area contributed by atoms with E-state index in [0.717, 1.165) is 5.69 Å². The van der Waals surface area contributed by atoms with E-state index in [2.05, 4.69) is 45.9 Å². The van der Waals surface area contributed by atoms with Crippen molar-refractivity contribution in [1.82, 2.24) is 0 Å². The molecular weight excluding hydrogens is 361 g/mol. The van der Waals surface area contributed by atoms with Gasteiger partial charge in [0.25, 0.3) is 0 Å². The number of ether oxygens (including phenoxy) is 2. The summed E-state index contributed by atoms with van der Waals surface area (Å²) in [5.41, 5.74) is 3.60. The van der Waals surface area contributed by atoms with E-state index < -0.39 is 6.29 Å². The van der Waals surface area contributed by atoms with Gasteiger partial charge in [0.1, 0.15) is 0 Å². The van der Waals surface area contributed by atoms with Crippen molar-refractivity contribution >= 4 is 5.69 Å². The van der Waals surface area contributed by atoms with Crippen LogP contribution in [0.1, 0.15) is 64.0 Å². The average molecular weight is 396 g/mol. The number of aliphatic hydroxyl groups is 1. The van der Waals surface area contributed by atoms with E-state index in [-0.39, 0.29) is 30.0 Å². The number of benzene rings is 1. The zero-order valence-electron chi connectivity index (χ0n) is 16.7. The van der Waals surface area contributed by atoms with Crippen LogP contribution in [0.15, 0.2) is 18.2 Å². The van der Waals surface area contributed by atoms with Gasteiger partial charge in [0.2, 0.25) is 0 Å². The van der Waals surface area contributed by atoms with E-state index in [1.807, 2.05) is 6.92 Å². The molecule has 0 amide bonds. The molecule has 5 heteroatoms. The zero-order valence-corrected chi connectivity index (χ0v) is 17.7. The first-order chi connectivity index (χ1) is 10.9. The van der Waals surface area contributed by atoms with Crippen LogP contribution >= 0.6 is 0 Å². The van der Waals surface area contributed by atoms with Gasteiger partial charge >= 0.3 is 16.5 Å². The second-order valence-electron chi connectivity index (χ2n) is 6.63. The molecule has 1 N–H and O–H groups in total. The Morgan fingerprint density at radius 3 is 1.96 bits per heavy atom. The fraction of sp³-hybridized carbons (Fsp3) is 0.650. The standard InChI is InChI=1S/C19H32NO3.CH3.Ni/c1-13(2)16-8-7-9-17(14(3)4)19(16)20-15(5)12-18(21)23-11-10-22-6;;/h7-9,13-15,18,21H,10-12H2,1-6H3;1H3;/q2*-1;+2. The van der Waals surface area contributed by atoms with Gasteiger partial charge in [-0.2, -0.15) is 0 Å². The summed E-state index contributed by atoms with van der Waals surface area (Å²) < 4.78 is 10.2. The van der Waals surface area contributed by atoms with Crippen LogP contribution in [0.5, 0.6) is 0 Å². The number of hydrogen-bond donors (Lipinski definition) is 1. The first-order valence-corrected chi connectivity index (χ1v) is 8.49. The number of rotatable bonds is 10. The molecule has 0 fully saturated rings. The van der Waals surface area contributed by atoms with Crippen molar-refractivity contribution in [3.63, 3.8) is 0 Å². The van der Waals surface area contributed by atoms with E-state index in [1.165, 1.54) is 11.1 Å². The predicted octanol–water partition coefficient (Wildman–Crippen LogP) is 5.15. The van der Waals surface area contributed by atoms with Gasteiger partial charge in [-0.25, -0.2) is 0 Å². The van der Waals surface area contributed by atoms with Crippen LogP contribution in [-0.4, -0.2) is 37.8 Å². The summed E-state index contributed by atoms with van der Waals surface area (Å²) in [5.74, 6) is 0.838. The van der Waals surface area contributed by atoms with Crippen molar-refractivity contribution < 1.29 is 31.1 Å². The average Bonchev–Trinajstić information content (AvgIpc) is 2.46. The Labute approximate surface area is 164 Å². The molecule has 0 aromatic heterocycles. The number of methoxy groups -OCH3 is 1. The fourth-order valence-corrected chi connectivity index (χ4v) is 2.56. The van der Waals surface area contributed by atoms with Crippen LogP contribution in [0.3, 0.4) is 0 Å². The van der Waals surface area contributed by atoms with E-state index in [4.69, 9.17) is 14.8 Å². The molecule has 0 spiro atoms. The third-order valence-electron chi connectivity index (χ3n) is 3.83.